The lowest BCUT2D eigenvalue weighted by molar-refractivity contribution is 0.0327. The highest BCUT2D eigenvalue weighted by Gasteiger charge is 2.28. The predicted molar refractivity (Wildman–Crippen MR) is 78.2 cm³/mol. The maximum atomic E-state index is 9.80. The number of halogens is 1. The molecule has 19 heavy (non-hydrogen) atoms. The first kappa shape index (κ1) is 14.3. The van der Waals surface area contributed by atoms with Crippen LogP contribution in [0, 0.1) is 0 Å². The second-order valence-electron chi connectivity index (χ2n) is 4.98. The van der Waals surface area contributed by atoms with Gasteiger partial charge in [0.05, 0.1) is 6.10 Å². The van der Waals surface area contributed by atoms with E-state index in [1.807, 2.05) is 17.0 Å². The summed E-state index contributed by atoms with van der Waals surface area (Å²) in [4.78, 5) is 1.91. The standard InChI is InChI=1S/C15H17NO2.ClH/c17-14-8-15(18)16(10-14)9-11-5-6-12-3-1-2-4-13(12)7-11;/h1-7,14-15,17-18H,8-10H2;1H/t14-,15+;/m1./s1. The van der Waals surface area contributed by atoms with Crippen LogP contribution in [-0.4, -0.2) is 34.0 Å². The van der Waals surface area contributed by atoms with Gasteiger partial charge in [0.15, 0.2) is 0 Å². The largest absolute Gasteiger partial charge is 0.392 e. The lowest BCUT2D eigenvalue weighted by Crippen LogP contribution is -2.28. The minimum atomic E-state index is -0.522. The summed E-state index contributed by atoms with van der Waals surface area (Å²) in [6.45, 7) is 1.23. The zero-order valence-corrected chi connectivity index (χ0v) is 11.4. The summed E-state index contributed by atoms with van der Waals surface area (Å²) in [5.41, 5.74) is 1.17. The van der Waals surface area contributed by atoms with Crippen molar-refractivity contribution in [3.05, 3.63) is 48.0 Å². The monoisotopic (exact) mass is 279 g/mol. The molecule has 0 radical (unpaired) electrons. The van der Waals surface area contributed by atoms with Gasteiger partial charge >= 0.3 is 0 Å². The van der Waals surface area contributed by atoms with Gasteiger partial charge in [0.2, 0.25) is 0 Å². The Kier molecular flexibility index (Phi) is 4.42. The lowest BCUT2D eigenvalue weighted by Gasteiger charge is -2.19. The predicted octanol–water partition coefficient (Wildman–Crippen LogP) is 2.15. The molecule has 0 saturated carbocycles. The maximum absolute atomic E-state index is 9.80. The molecule has 2 aromatic rings. The van der Waals surface area contributed by atoms with Crippen LogP contribution in [0.15, 0.2) is 42.5 Å². The van der Waals surface area contributed by atoms with Crippen LogP contribution in [0.2, 0.25) is 0 Å². The molecule has 1 heterocycles. The SMILES string of the molecule is Cl.O[C@@H]1C[C@H](O)N(Cc2ccc3ccccc3c2)C1. The third-order valence-electron chi connectivity index (χ3n) is 3.55. The second kappa shape index (κ2) is 5.88. The quantitative estimate of drug-likeness (QED) is 0.885. The molecular formula is C15H18ClNO2. The van der Waals surface area contributed by atoms with Crippen molar-refractivity contribution in [2.45, 2.75) is 25.3 Å². The number of aliphatic hydroxyl groups excluding tert-OH is 2. The summed E-state index contributed by atoms with van der Waals surface area (Å²) in [5.74, 6) is 0. The number of aliphatic hydroxyl groups is 2. The highest BCUT2D eigenvalue weighted by atomic mass is 35.5. The van der Waals surface area contributed by atoms with Gasteiger partial charge in [-0.3, -0.25) is 4.90 Å². The van der Waals surface area contributed by atoms with Gasteiger partial charge in [-0.25, -0.2) is 0 Å². The van der Waals surface area contributed by atoms with Crippen molar-refractivity contribution < 1.29 is 10.2 Å². The molecule has 3 nitrogen and oxygen atoms in total. The smallest absolute Gasteiger partial charge is 0.110 e. The number of hydrogen-bond donors (Lipinski definition) is 2. The van der Waals surface area contributed by atoms with Gasteiger partial charge in [0.1, 0.15) is 6.23 Å². The summed E-state index contributed by atoms with van der Waals surface area (Å²) >= 11 is 0. The first-order valence-corrected chi connectivity index (χ1v) is 6.30. The van der Waals surface area contributed by atoms with E-state index in [0.717, 1.165) is 0 Å². The summed E-state index contributed by atoms with van der Waals surface area (Å²) in [6, 6.07) is 14.6. The molecule has 2 N–H and O–H groups in total. The van der Waals surface area contributed by atoms with Crippen molar-refractivity contribution >= 4 is 23.2 Å². The highest BCUT2D eigenvalue weighted by Crippen LogP contribution is 2.21. The van der Waals surface area contributed by atoms with E-state index in [-0.39, 0.29) is 12.4 Å². The Morgan fingerprint density at radius 3 is 2.47 bits per heavy atom. The van der Waals surface area contributed by atoms with E-state index < -0.39 is 12.3 Å². The van der Waals surface area contributed by atoms with Gasteiger partial charge in [-0.15, -0.1) is 12.4 Å². The van der Waals surface area contributed by atoms with Crippen molar-refractivity contribution in [3.63, 3.8) is 0 Å². The van der Waals surface area contributed by atoms with Crippen LogP contribution in [0.25, 0.3) is 10.8 Å². The van der Waals surface area contributed by atoms with E-state index in [4.69, 9.17) is 0 Å². The minimum Gasteiger partial charge on any atom is -0.392 e. The van der Waals surface area contributed by atoms with E-state index in [2.05, 4.69) is 30.3 Å². The van der Waals surface area contributed by atoms with Crippen LogP contribution in [0.5, 0.6) is 0 Å². The van der Waals surface area contributed by atoms with Crippen molar-refractivity contribution in [1.82, 2.24) is 4.90 Å². The maximum Gasteiger partial charge on any atom is 0.110 e. The van der Waals surface area contributed by atoms with E-state index >= 15 is 0 Å². The number of β-amino-alcohol motifs (C(OH)–C–C–N with tert-alkyl or cyclic N) is 1. The summed E-state index contributed by atoms with van der Waals surface area (Å²) < 4.78 is 0. The summed E-state index contributed by atoms with van der Waals surface area (Å²) in [6.07, 6.45) is -0.472. The second-order valence-corrected chi connectivity index (χ2v) is 4.98. The topological polar surface area (TPSA) is 43.7 Å². The molecule has 0 amide bonds. The fourth-order valence-electron chi connectivity index (χ4n) is 2.60. The number of rotatable bonds is 2. The van der Waals surface area contributed by atoms with Gasteiger partial charge in [0.25, 0.3) is 0 Å². The summed E-state index contributed by atoms with van der Waals surface area (Å²) in [5, 5.41) is 21.8. The van der Waals surface area contributed by atoms with Crippen LogP contribution in [0.3, 0.4) is 0 Å². The van der Waals surface area contributed by atoms with Crippen molar-refractivity contribution in [1.29, 1.82) is 0 Å². The summed E-state index contributed by atoms with van der Waals surface area (Å²) in [7, 11) is 0. The first-order valence-electron chi connectivity index (χ1n) is 6.30. The number of hydrogen-bond acceptors (Lipinski definition) is 3. The van der Waals surface area contributed by atoms with Crippen molar-refractivity contribution in [2.75, 3.05) is 6.54 Å². The molecule has 0 unspecified atom stereocenters. The zero-order chi connectivity index (χ0) is 12.5. The van der Waals surface area contributed by atoms with E-state index in [1.54, 1.807) is 0 Å². The van der Waals surface area contributed by atoms with Crippen LogP contribution in [-0.2, 0) is 6.54 Å². The number of fused-ring (bicyclic) bond motifs is 1. The fraction of sp³-hybridized carbons (Fsp3) is 0.333. The Labute approximate surface area is 118 Å². The molecule has 102 valence electrons. The van der Waals surface area contributed by atoms with Crippen molar-refractivity contribution in [2.24, 2.45) is 0 Å². The third kappa shape index (κ3) is 3.07. The molecule has 0 aliphatic carbocycles. The Morgan fingerprint density at radius 2 is 1.79 bits per heavy atom. The first-order chi connectivity index (χ1) is 8.72. The van der Waals surface area contributed by atoms with Crippen LogP contribution < -0.4 is 0 Å². The molecule has 1 aliphatic rings. The van der Waals surface area contributed by atoms with Crippen LogP contribution in [0.4, 0.5) is 0 Å². The molecule has 3 rings (SSSR count). The molecule has 2 aromatic carbocycles. The van der Waals surface area contributed by atoms with Gasteiger partial charge in [-0.2, -0.15) is 0 Å². The third-order valence-corrected chi connectivity index (χ3v) is 3.55. The van der Waals surface area contributed by atoms with Gasteiger partial charge in [-0.1, -0.05) is 36.4 Å². The molecule has 0 spiro atoms. The van der Waals surface area contributed by atoms with Crippen LogP contribution >= 0.6 is 12.4 Å². The fourth-order valence-corrected chi connectivity index (χ4v) is 2.60. The Bertz CT molecular complexity index is 561. The van der Waals surface area contributed by atoms with Crippen LogP contribution in [0.1, 0.15) is 12.0 Å². The Hall–Kier alpha value is -1.13. The van der Waals surface area contributed by atoms with Gasteiger partial charge < -0.3 is 10.2 Å². The number of likely N-dealkylation sites (tertiary alicyclic amines) is 1. The molecule has 1 fully saturated rings. The molecule has 0 aromatic heterocycles. The molecular weight excluding hydrogens is 262 g/mol. The lowest BCUT2D eigenvalue weighted by atomic mass is 10.1. The molecule has 2 atom stereocenters. The minimum absolute atomic E-state index is 0. The van der Waals surface area contributed by atoms with E-state index in [9.17, 15) is 10.2 Å². The van der Waals surface area contributed by atoms with E-state index in [0.29, 0.717) is 19.5 Å². The Balaban J connectivity index is 0.00000133. The molecule has 0 bridgehead atoms. The average molecular weight is 280 g/mol. The van der Waals surface area contributed by atoms with Crippen molar-refractivity contribution in [3.8, 4) is 0 Å². The van der Waals surface area contributed by atoms with Gasteiger partial charge in [-0.05, 0) is 22.4 Å². The van der Waals surface area contributed by atoms with Gasteiger partial charge in [0, 0.05) is 19.5 Å². The van der Waals surface area contributed by atoms with E-state index in [1.165, 1.54) is 16.3 Å². The Morgan fingerprint density at radius 1 is 1.05 bits per heavy atom. The normalized spacial score (nSPS) is 23.5. The number of nitrogens with zero attached hydrogens (tertiary/aromatic N) is 1. The molecule has 4 heteroatoms. The average Bonchev–Trinajstić information content (AvgIpc) is 2.68. The molecule has 1 aliphatic heterocycles. The molecule has 1 saturated heterocycles. The number of benzene rings is 2. The highest BCUT2D eigenvalue weighted by molar-refractivity contribution is 5.85. The zero-order valence-electron chi connectivity index (χ0n) is 10.6.